The largest absolute Gasteiger partial charge is 0.372 e. The Bertz CT molecular complexity index is 680. The molecule has 1 aliphatic carbocycles. The molecule has 0 radical (unpaired) electrons. The van der Waals surface area contributed by atoms with E-state index in [0.29, 0.717) is 6.42 Å². The maximum atomic E-state index is 12.1. The molecule has 0 bridgehead atoms. The van der Waals surface area contributed by atoms with Gasteiger partial charge in [0.1, 0.15) is 0 Å². The van der Waals surface area contributed by atoms with E-state index in [4.69, 9.17) is 16.4 Å². The molecule has 0 unspecified atom stereocenters. The maximum absolute atomic E-state index is 12.1. The molecule has 1 aromatic carbocycles. The number of aromatic amines is 1. The van der Waals surface area contributed by atoms with Crippen molar-refractivity contribution >= 4 is 34.8 Å². The number of para-hydroxylation sites is 1. The summed E-state index contributed by atoms with van der Waals surface area (Å²) in [6.07, 6.45) is 6.08. The van der Waals surface area contributed by atoms with Gasteiger partial charge in [0, 0.05) is 31.6 Å². The quantitative estimate of drug-likeness (QED) is 0.824. The van der Waals surface area contributed by atoms with E-state index in [-0.39, 0.29) is 12.3 Å². The van der Waals surface area contributed by atoms with Crippen LogP contribution in [0, 0.1) is 5.92 Å². The number of amides is 2. The van der Waals surface area contributed by atoms with Crippen molar-refractivity contribution in [1.82, 2.24) is 9.88 Å². The zero-order valence-electron chi connectivity index (χ0n) is 13.2. The molecule has 3 N–H and O–H groups in total. The molecule has 5 nitrogen and oxygen atoms in total. The Morgan fingerprint density at radius 2 is 2.17 bits per heavy atom. The third-order valence-electron chi connectivity index (χ3n) is 4.01. The van der Waals surface area contributed by atoms with Crippen LogP contribution in [-0.2, 0) is 16.0 Å². The fourth-order valence-electron chi connectivity index (χ4n) is 2.60. The van der Waals surface area contributed by atoms with E-state index in [9.17, 15) is 4.79 Å². The minimum atomic E-state index is 0.230. The third-order valence-corrected chi connectivity index (χ3v) is 4.33. The fourth-order valence-corrected chi connectivity index (χ4v) is 2.83. The molecular formula is C17H22ClN3O2. The standard InChI is InChI=1S/C16H19ClN2O.CH3NO/c1-19(10-11-5-6-11)15(20)8-7-12-9-18-16-13(12)3-2-4-14(16)17;2-1-3/h2-4,9,11,18H,5-8,10H2,1H3;1H,(H2,2,3). The number of halogens is 1. The summed E-state index contributed by atoms with van der Waals surface area (Å²) in [6, 6.07) is 5.87. The topological polar surface area (TPSA) is 79.2 Å². The Labute approximate surface area is 140 Å². The number of aryl methyl sites for hydroxylation is 1. The lowest BCUT2D eigenvalue weighted by Crippen LogP contribution is -2.28. The number of hydrogen-bond acceptors (Lipinski definition) is 2. The molecule has 0 aliphatic heterocycles. The minimum Gasteiger partial charge on any atom is -0.372 e. The highest BCUT2D eigenvalue weighted by molar-refractivity contribution is 6.35. The lowest BCUT2D eigenvalue weighted by atomic mass is 10.1. The van der Waals surface area contributed by atoms with Gasteiger partial charge in [0.2, 0.25) is 12.3 Å². The van der Waals surface area contributed by atoms with Gasteiger partial charge in [0.05, 0.1) is 10.5 Å². The molecule has 2 amide bonds. The van der Waals surface area contributed by atoms with Crippen LogP contribution in [0.1, 0.15) is 24.8 Å². The lowest BCUT2D eigenvalue weighted by Gasteiger charge is -2.16. The summed E-state index contributed by atoms with van der Waals surface area (Å²) in [5.41, 5.74) is 6.29. The van der Waals surface area contributed by atoms with Crippen LogP contribution in [-0.4, -0.2) is 35.8 Å². The second-order valence-electron chi connectivity index (χ2n) is 5.83. The van der Waals surface area contributed by atoms with E-state index in [0.717, 1.165) is 40.4 Å². The van der Waals surface area contributed by atoms with Crippen LogP contribution in [0.15, 0.2) is 24.4 Å². The van der Waals surface area contributed by atoms with E-state index in [1.807, 2.05) is 36.3 Å². The average molecular weight is 336 g/mol. The molecule has 23 heavy (non-hydrogen) atoms. The average Bonchev–Trinajstić information content (AvgIpc) is 3.23. The van der Waals surface area contributed by atoms with Crippen molar-refractivity contribution in [3.05, 3.63) is 35.0 Å². The van der Waals surface area contributed by atoms with Crippen molar-refractivity contribution in [3.8, 4) is 0 Å². The van der Waals surface area contributed by atoms with Crippen LogP contribution in [0.3, 0.4) is 0 Å². The number of primary amides is 1. The summed E-state index contributed by atoms with van der Waals surface area (Å²) in [6.45, 7) is 0.915. The molecule has 3 rings (SSSR count). The summed E-state index contributed by atoms with van der Waals surface area (Å²) < 4.78 is 0. The van der Waals surface area contributed by atoms with E-state index < -0.39 is 0 Å². The van der Waals surface area contributed by atoms with Gasteiger partial charge in [-0.3, -0.25) is 9.59 Å². The van der Waals surface area contributed by atoms with Crippen molar-refractivity contribution in [3.63, 3.8) is 0 Å². The number of H-pyrrole nitrogens is 1. The Balaban J connectivity index is 0.000000595. The Hall–Kier alpha value is -2.01. The Morgan fingerprint density at radius 3 is 2.83 bits per heavy atom. The van der Waals surface area contributed by atoms with Crippen LogP contribution < -0.4 is 5.73 Å². The number of hydrogen-bond donors (Lipinski definition) is 2. The number of nitrogens with one attached hydrogen (secondary N) is 1. The van der Waals surface area contributed by atoms with Crippen molar-refractivity contribution < 1.29 is 9.59 Å². The van der Waals surface area contributed by atoms with Gasteiger partial charge in [-0.2, -0.15) is 0 Å². The first kappa shape index (κ1) is 17.3. The summed E-state index contributed by atoms with van der Waals surface area (Å²) in [4.78, 5) is 25.7. The highest BCUT2D eigenvalue weighted by atomic mass is 35.5. The molecule has 124 valence electrons. The van der Waals surface area contributed by atoms with Crippen LogP contribution in [0.5, 0.6) is 0 Å². The van der Waals surface area contributed by atoms with Crippen LogP contribution in [0.2, 0.25) is 5.02 Å². The predicted molar refractivity (Wildman–Crippen MR) is 92.2 cm³/mol. The summed E-state index contributed by atoms with van der Waals surface area (Å²) in [7, 11) is 1.91. The van der Waals surface area contributed by atoms with E-state index in [1.165, 1.54) is 12.8 Å². The first-order valence-corrected chi connectivity index (χ1v) is 8.08. The van der Waals surface area contributed by atoms with Gasteiger partial charge in [-0.15, -0.1) is 0 Å². The first-order chi connectivity index (χ1) is 11.1. The van der Waals surface area contributed by atoms with Gasteiger partial charge in [-0.25, -0.2) is 0 Å². The van der Waals surface area contributed by atoms with Gasteiger partial charge in [0.25, 0.3) is 0 Å². The number of aromatic nitrogens is 1. The van der Waals surface area contributed by atoms with E-state index in [1.54, 1.807) is 0 Å². The molecule has 2 aromatic rings. The molecule has 1 aromatic heterocycles. The summed E-state index contributed by atoms with van der Waals surface area (Å²) >= 11 is 6.14. The highest BCUT2D eigenvalue weighted by Gasteiger charge is 2.24. The van der Waals surface area contributed by atoms with Crippen molar-refractivity contribution in [2.24, 2.45) is 11.7 Å². The molecular weight excluding hydrogens is 314 g/mol. The van der Waals surface area contributed by atoms with Gasteiger partial charge in [0.15, 0.2) is 0 Å². The van der Waals surface area contributed by atoms with Gasteiger partial charge < -0.3 is 15.6 Å². The lowest BCUT2D eigenvalue weighted by molar-refractivity contribution is -0.130. The van der Waals surface area contributed by atoms with Crippen molar-refractivity contribution in [2.45, 2.75) is 25.7 Å². The number of benzene rings is 1. The number of fused-ring (bicyclic) bond motifs is 1. The molecule has 1 heterocycles. The Morgan fingerprint density at radius 1 is 1.48 bits per heavy atom. The Kier molecular flexibility index (Phi) is 6.04. The number of carbonyl (C=O) groups is 2. The van der Waals surface area contributed by atoms with Gasteiger partial charge >= 0.3 is 0 Å². The molecule has 1 aliphatic rings. The van der Waals surface area contributed by atoms with E-state index in [2.05, 4.69) is 10.7 Å². The van der Waals surface area contributed by atoms with Crippen LogP contribution in [0.25, 0.3) is 10.9 Å². The zero-order chi connectivity index (χ0) is 16.8. The molecule has 1 saturated carbocycles. The maximum Gasteiger partial charge on any atom is 0.222 e. The van der Waals surface area contributed by atoms with Gasteiger partial charge in [-0.1, -0.05) is 23.7 Å². The first-order valence-electron chi connectivity index (χ1n) is 7.70. The molecule has 0 saturated heterocycles. The number of rotatable bonds is 5. The number of nitrogens with zero attached hydrogens (tertiary/aromatic N) is 1. The van der Waals surface area contributed by atoms with E-state index >= 15 is 0 Å². The second kappa shape index (κ2) is 8.02. The zero-order valence-corrected chi connectivity index (χ0v) is 14.0. The van der Waals surface area contributed by atoms with Gasteiger partial charge in [-0.05, 0) is 36.8 Å². The second-order valence-corrected chi connectivity index (χ2v) is 6.24. The monoisotopic (exact) mass is 335 g/mol. The SMILES string of the molecule is CN(CC1CC1)C(=O)CCc1c[nH]c2c(Cl)cccc12.NC=O. The van der Waals surface area contributed by atoms with Crippen molar-refractivity contribution in [1.29, 1.82) is 0 Å². The smallest absolute Gasteiger partial charge is 0.222 e. The highest BCUT2D eigenvalue weighted by Crippen LogP contribution is 2.30. The summed E-state index contributed by atoms with van der Waals surface area (Å²) in [5, 5.41) is 1.85. The predicted octanol–water partition coefficient (Wildman–Crippen LogP) is 2.72. The molecule has 1 fully saturated rings. The summed E-state index contributed by atoms with van der Waals surface area (Å²) in [5.74, 6) is 0.976. The van der Waals surface area contributed by atoms with Crippen molar-refractivity contribution in [2.75, 3.05) is 13.6 Å². The minimum absolute atomic E-state index is 0.230. The number of carbonyl (C=O) groups excluding carboxylic acids is 2. The van der Waals surface area contributed by atoms with Crippen LogP contribution in [0.4, 0.5) is 0 Å². The fraction of sp³-hybridized carbons (Fsp3) is 0.412. The number of nitrogens with two attached hydrogens (primary N) is 1. The molecule has 0 spiro atoms. The normalized spacial score (nSPS) is 13.3. The molecule has 0 atom stereocenters. The van der Waals surface area contributed by atoms with Crippen LogP contribution >= 0.6 is 11.6 Å². The molecule has 6 heteroatoms. The third kappa shape index (κ3) is 4.73.